The molecule has 0 N–H and O–H groups in total. The highest BCUT2D eigenvalue weighted by Crippen LogP contribution is 2.27. The van der Waals surface area contributed by atoms with Crippen molar-refractivity contribution < 1.29 is 19.1 Å². The van der Waals surface area contributed by atoms with Gasteiger partial charge in [-0.25, -0.2) is 4.79 Å². The fourth-order valence-electron chi connectivity index (χ4n) is 2.84. The second kappa shape index (κ2) is 20.3. The van der Waals surface area contributed by atoms with Crippen molar-refractivity contribution in [1.29, 1.82) is 0 Å². The summed E-state index contributed by atoms with van der Waals surface area (Å²) in [5, 5.41) is 1.14. The molecule has 0 bridgehead atoms. The smallest absolute Gasteiger partial charge is 0.344 e. The first-order chi connectivity index (χ1) is 15.7. The van der Waals surface area contributed by atoms with E-state index in [1.807, 2.05) is 11.8 Å². The predicted molar refractivity (Wildman–Crippen MR) is 142 cm³/mol. The monoisotopic (exact) mass is 521 g/mol. The Bertz CT molecular complexity index is 668. The van der Waals surface area contributed by atoms with Crippen LogP contribution in [0.4, 0.5) is 4.79 Å². The van der Waals surface area contributed by atoms with E-state index in [4.69, 9.17) is 32.7 Å². The molecular weight excluding hydrogens is 481 g/mol. The normalized spacial score (nSPS) is 10.4. The maximum atomic E-state index is 11.5. The lowest BCUT2D eigenvalue weighted by Crippen LogP contribution is -2.29. The lowest BCUT2D eigenvalue weighted by molar-refractivity contribution is -0.146. The van der Waals surface area contributed by atoms with Crippen molar-refractivity contribution in [3.63, 3.8) is 0 Å². The highest BCUT2D eigenvalue weighted by atomic mass is 35.5. The number of hydrogen-bond donors (Lipinski definition) is 0. The van der Waals surface area contributed by atoms with Crippen LogP contribution in [-0.2, 0) is 9.53 Å². The number of unbranched alkanes of at least 4 members (excludes halogenated alkanes) is 2. The van der Waals surface area contributed by atoms with E-state index in [0.717, 1.165) is 50.4 Å². The van der Waals surface area contributed by atoms with E-state index in [2.05, 4.69) is 27.7 Å². The summed E-state index contributed by atoms with van der Waals surface area (Å²) in [5.74, 6) is 1.65. The van der Waals surface area contributed by atoms with E-state index in [1.54, 1.807) is 18.2 Å². The fraction of sp³-hybridized carbons (Fsp3) is 0.680. The van der Waals surface area contributed by atoms with Crippen LogP contribution in [0.1, 0.15) is 73.1 Å². The summed E-state index contributed by atoms with van der Waals surface area (Å²) in [4.78, 5) is 24.9. The van der Waals surface area contributed by atoms with Gasteiger partial charge in [0.15, 0.2) is 6.61 Å². The SMILES string of the molecule is CC(C)CCCCCOC(=O)COc1ccc(Cl)cc1Cl.CCCN(CCC)C(=O)SCC. The summed E-state index contributed by atoms with van der Waals surface area (Å²) < 4.78 is 10.4. The minimum atomic E-state index is -0.384. The Morgan fingerprint density at radius 3 is 2.24 bits per heavy atom. The van der Waals surface area contributed by atoms with Crippen LogP contribution < -0.4 is 4.74 Å². The zero-order valence-corrected chi connectivity index (χ0v) is 23.2. The molecule has 0 fully saturated rings. The Hall–Kier alpha value is -1.11. The topological polar surface area (TPSA) is 55.8 Å². The molecule has 5 nitrogen and oxygen atoms in total. The first-order valence-corrected chi connectivity index (χ1v) is 13.6. The molecule has 0 heterocycles. The number of ether oxygens (including phenoxy) is 2. The number of amides is 1. The number of rotatable bonds is 14. The number of thioether (sulfide) groups is 1. The third kappa shape index (κ3) is 17.0. The Morgan fingerprint density at radius 1 is 1.03 bits per heavy atom. The molecule has 0 unspecified atom stereocenters. The minimum absolute atomic E-state index is 0.145. The molecule has 1 aromatic rings. The number of esters is 1. The molecule has 0 radical (unpaired) electrons. The van der Waals surface area contributed by atoms with Gasteiger partial charge < -0.3 is 14.4 Å². The molecule has 1 aromatic carbocycles. The number of nitrogens with zero attached hydrogens (tertiary/aromatic N) is 1. The van der Waals surface area contributed by atoms with Crippen LogP contribution >= 0.6 is 35.0 Å². The van der Waals surface area contributed by atoms with Crippen molar-refractivity contribution in [3.8, 4) is 5.75 Å². The quantitative estimate of drug-likeness (QED) is 0.182. The van der Waals surface area contributed by atoms with E-state index in [1.165, 1.54) is 24.6 Å². The third-order valence-corrected chi connectivity index (χ3v) is 5.77. The van der Waals surface area contributed by atoms with E-state index in [9.17, 15) is 9.59 Å². The largest absolute Gasteiger partial charge is 0.480 e. The molecular formula is C25H41Cl2NO4S. The first-order valence-electron chi connectivity index (χ1n) is 11.9. The van der Waals surface area contributed by atoms with Gasteiger partial charge >= 0.3 is 5.97 Å². The molecule has 0 aliphatic rings. The van der Waals surface area contributed by atoms with Crippen molar-refractivity contribution in [1.82, 2.24) is 4.90 Å². The predicted octanol–water partition coefficient (Wildman–Crippen LogP) is 8.11. The van der Waals surface area contributed by atoms with Gasteiger partial charge in [0.1, 0.15) is 5.75 Å². The first kappa shape index (κ1) is 31.9. The standard InChI is InChI=1S/C16H22Cl2O3.C9H19NOS/c1-12(2)6-4-3-5-9-20-16(19)11-21-15-8-7-13(17)10-14(15)18;1-4-7-10(8-5-2)9(11)12-6-3/h7-8,10,12H,3-6,9,11H2,1-2H3;4-8H2,1-3H3. The number of hydrogen-bond acceptors (Lipinski definition) is 5. The van der Waals surface area contributed by atoms with Gasteiger partial charge in [-0.2, -0.15) is 0 Å². The van der Waals surface area contributed by atoms with Crippen molar-refractivity contribution in [3.05, 3.63) is 28.2 Å². The molecule has 8 heteroatoms. The van der Waals surface area contributed by atoms with Crippen LogP contribution in [0.5, 0.6) is 5.75 Å². The summed E-state index contributed by atoms with van der Waals surface area (Å²) in [6, 6.07) is 4.85. The molecule has 0 atom stereocenters. The van der Waals surface area contributed by atoms with Gasteiger partial charge in [0.2, 0.25) is 0 Å². The van der Waals surface area contributed by atoms with Crippen molar-refractivity contribution in [2.24, 2.45) is 5.92 Å². The molecule has 1 amide bonds. The molecule has 0 saturated carbocycles. The van der Waals surface area contributed by atoms with Gasteiger partial charge in [0, 0.05) is 18.1 Å². The lowest BCUT2D eigenvalue weighted by Gasteiger charge is -2.20. The lowest BCUT2D eigenvalue weighted by atomic mass is 10.1. The highest BCUT2D eigenvalue weighted by molar-refractivity contribution is 8.13. The van der Waals surface area contributed by atoms with E-state index >= 15 is 0 Å². The number of benzene rings is 1. The molecule has 0 aromatic heterocycles. The van der Waals surface area contributed by atoms with Crippen molar-refractivity contribution in [2.45, 2.75) is 73.1 Å². The van der Waals surface area contributed by atoms with Crippen LogP contribution in [0, 0.1) is 5.92 Å². The zero-order chi connectivity index (χ0) is 25.1. The van der Waals surface area contributed by atoms with Crippen LogP contribution in [0.2, 0.25) is 10.0 Å². The molecule has 33 heavy (non-hydrogen) atoms. The minimum Gasteiger partial charge on any atom is -0.480 e. The van der Waals surface area contributed by atoms with Gasteiger partial charge in [0.25, 0.3) is 5.24 Å². The highest BCUT2D eigenvalue weighted by Gasteiger charge is 2.10. The molecule has 0 spiro atoms. The average Bonchev–Trinajstić information content (AvgIpc) is 2.76. The van der Waals surface area contributed by atoms with Gasteiger partial charge in [-0.15, -0.1) is 0 Å². The van der Waals surface area contributed by atoms with Crippen LogP contribution in [0.3, 0.4) is 0 Å². The average molecular weight is 523 g/mol. The Morgan fingerprint density at radius 2 is 1.70 bits per heavy atom. The van der Waals surface area contributed by atoms with Crippen molar-refractivity contribution in [2.75, 3.05) is 32.1 Å². The second-order valence-corrected chi connectivity index (χ2v) is 10.1. The van der Waals surface area contributed by atoms with Gasteiger partial charge in [-0.05, 0) is 49.1 Å². The molecule has 0 aliphatic carbocycles. The van der Waals surface area contributed by atoms with Crippen LogP contribution in [-0.4, -0.2) is 48.2 Å². The number of carbonyl (C=O) groups excluding carboxylic acids is 2. The summed E-state index contributed by atoms with van der Waals surface area (Å²) in [5.41, 5.74) is 0. The molecule has 1 rings (SSSR count). The van der Waals surface area contributed by atoms with Crippen molar-refractivity contribution >= 4 is 46.2 Å². The maximum Gasteiger partial charge on any atom is 0.344 e. The Kier molecular flexibility index (Phi) is 19.6. The van der Waals surface area contributed by atoms with E-state index < -0.39 is 0 Å². The Labute approximate surface area is 214 Å². The van der Waals surface area contributed by atoms with Gasteiger partial charge in [-0.1, -0.05) is 88.8 Å². The summed E-state index contributed by atoms with van der Waals surface area (Å²) in [6.07, 6.45) is 6.46. The fourth-order valence-corrected chi connectivity index (χ4v) is 3.91. The Balaban J connectivity index is 0.000000728. The van der Waals surface area contributed by atoms with Crippen LogP contribution in [0.15, 0.2) is 18.2 Å². The number of halogens is 2. The summed E-state index contributed by atoms with van der Waals surface area (Å²) >= 11 is 13.1. The zero-order valence-electron chi connectivity index (χ0n) is 20.8. The molecule has 0 saturated heterocycles. The second-order valence-electron chi connectivity index (χ2n) is 8.01. The van der Waals surface area contributed by atoms with Crippen LogP contribution in [0.25, 0.3) is 0 Å². The van der Waals surface area contributed by atoms with E-state index in [-0.39, 0.29) is 17.8 Å². The maximum absolute atomic E-state index is 11.5. The summed E-state index contributed by atoms with van der Waals surface area (Å²) in [7, 11) is 0. The van der Waals surface area contributed by atoms with E-state index in [0.29, 0.717) is 22.4 Å². The van der Waals surface area contributed by atoms with Gasteiger partial charge in [0.05, 0.1) is 11.6 Å². The molecule has 0 aliphatic heterocycles. The third-order valence-electron chi connectivity index (χ3n) is 4.44. The summed E-state index contributed by atoms with van der Waals surface area (Å²) in [6.45, 7) is 12.7. The van der Waals surface area contributed by atoms with Gasteiger partial charge in [-0.3, -0.25) is 4.79 Å². The molecule has 190 valence electrons. The number of carbonyl (C=O) groups is 2.